The number of benzene rings is 2. The summed E-state index contributed by atoms with van der Waals surface area (Å²) in [6.45, 7) is 8.81. The van der Waals surface area contributed by atoms with Crippen molar-refractivity contribution < 1.29 is 19.3 Å². The van der Waals surface area contributed by atoms with Gasteiger partial charge in [0.25, 0.3) is 0 Å². The normalized spacial score (nSPS) is 13.4. The predicted molar refractivity (Wildman–Crippen MR) is 137 cm³/mol. The van der Waals surface area contributed by atoms with Crippen molar-refractivity contribution in [3.05, 3.63) is 65.7 Å². The number of hydrogen-bond acceptors (Lipinski definition) is 6. The lowest BCUT2D eigenvalue weighted by Gasteiger charge is -2.37. The molecule has 0 spiro atoms. The molecule has 2 N–H and O–H groups in total. The predicted octanol–water partition coefficient (Wildman–Crippen LogP) is 4.72. The summed E-state index contributed by atoms with van der Waals surface area (Å²) in [6, 6.07) is 17.0. The Kier molecular flexibility index (Phi) is 9.46. The summed E-state index contributed by atoms with van der Waals surface area (Å²) in [6.07, 6.45) is 1.19. The fourth-order valence-corrected chi connectivity index (χ4v) is 3.59. The molecule has 0 fully saturated rings. The van der Waals surface area contributed by atoms with E-state index >= 15 is 0 Å². The summed E-state index contributed by atoms with van der Waals surface area (Å²) in [5.74, 6) is 0. The number of aliphatic hydroxyl groups is 1. The lowest BCUT2D eigenvalue weighted by Crippen LogP contribution is -2.49. The van der Waals surface area contributed by atoms with Gasteiger partial charge in [0.1, 0.15) is 6.61 Å². The van der Waals surface area contributed by atoms with Crippen molar-refractivity contribution in [3.63, 3.8) is 0 Å². The minimum Gasteiger partial charge on any atom is -0.443 e. The van der Waals surface area contributed by atoms with Crippen molar-refractivity contribution in [3.8, 4) is 0 Å². The lowest BCUT2D eigenvalue weighted by molar-refractivity contribution is -0.0893. The van der Waals surface area contributed by atoms with Crippen LogP contribution >= 0.6 is 11.8 Å². The molecule has 0 saturated carbocycles. The van der Waals surface area contributed by atoms with Crippen molar-refractivity contribution in [2.75, 3.05) is 6.26 Å². The van der Waals surface area contributed by atoms with E-state index in [-0.39, 0.29) is 17.6 Å². The fraction of sp³-hybridized carbons (Fsp3) is 0.400. The Morgan fingerprint density at radius 2 is 1.73 bits per heavy atom. The molecule has 0 aromatic heterocycles. The third-order valence-electron chi connectivity index (χ3n) is 5.49. The van der Waals surface area contributed by atoms with Gasteiger partial charge in [-0.25, -0.2) is 4.79 Å². The van der Waals surface area contributed by atoms with Crippen molar-refractivity contribution in [1.29, 1.82) is 5.41 Å². The summed E-state index contributed by atoms with van der Waals surface area (Å²) in [4.78, 5) is 16.4. The molecule has 1 unspecified atom stereocenters. The van der Waals surface area contributed by atoms with Crippen LogP contribution in [0.3, 0.4) is 0 Å². The highest BCUT2D eigenvalue weighted by molar-refractivity contribution is 7.99. The Morgan fingerprint density at radius 1 is 1.12 bits per heavy atom. The second kappa shape index (κ2) is 11.6. The first-order chi connectivity index (χ1) is 15.4. The topological polar surface area (TPSA) is 92.0 Å². The Balaban J connectivity index is 2.12. The van der Waals surface area contributed by atoms with E-state index in [2.05, 4.69) is 4.99 Å². The van der Waals surface area contributed by atoms with Gasteiger partial charge < -0.3 is 19.9 Å². The highest BCUT2D eigenvalue weighted by Gasteiger charge is 2.35. The van der Waals surface area contributed by atoms with Crippen LogP contribution in [0.1, 0.15) is 51.0 Å². The summed E-state index contributed by atoms with van der Waals surface area (Å²) >= 11 is 1.49. The zero-order valence-corrected chi connectivity index (χ0v) is 20.9. The monoisotopic (exact) mass is 467 g/mol. The molecule has 0 saturated heterocycles. The van der Waals surface area contributed by atoms with E-state index in [0.717, 1.165) is 16.6 Å². The maximum Gasteiger partial charge on any atom is 0.434 e. The van der Waals surface area contributed by atoms with Gasteiger partial charge in [0.05, 0.1) is 27.9 Å². The Bertz CT molecular complexity index is 970. The van der Waals surface area contributed by atoms with Crippen LogP contribution in [0.2, 0.25) is 0 Å². The summed E-state index contributed by atoms with van der Waals surface area (Å²) in [5.41, 5.74) is 1.41. The third kappa shape index (κ3) is 7.84. The number of thioether (sulfide) groups is 1. The van der Waals surface area contributed by atoms with Gasteiger partial charge in [-0.15, -0.1) is 0 Å². The van der Waals surface area contributed by atoms with Crippen LogP contribution < -0.4 is 5.46 Å². The number of carbonyl (C=O) groups is 1. The number of hydrogen-bond donors (Lipinski definition) is 2. The van der Waals surface area contributed by atoms with Crippen LogP contribution in [0, 0.1) is 5.41 Å². The molecule has 0 aliphatic carbocycles. The summed E-state index contributed by atoms with van der Waals surface area (Å²) in [5, 5.41) is 18.1. The molecule has 2 aromatic rings. The molecule has 0 bridgehead atoms. The maximum atomic E-state index is 12.3. The van der Waals surface area contributed by atoms with E-state index in [1.807, 2.05) is 74.7 Å². The largest absolute Gasteiger partial charge is 0.443 e. The van der Waals surface area contributed by atoms with Crippen LogP contribution in [0.25, 0.3) is 0 Å². The number of amides is 1. The molecule has 1 atom stereocenters. The molecule has 1 amide bonds. The molecule has 1 radical (unpaired) electrons. The summed E-state index contributed by atoms with van der Waals surface area (Å²) < 4.78 is 11.1. The quantitative estimate of drug-likeness (QED) is 0.390. The second-order valence-electron chi connectivity index (χ2n) is 8.75. The first-order valence-electron chi connectivity index (χ1n) is 10.7. The van der Waals surface area contributed by atoms with E-state index in [1.54, 1.807) is 28.3 Å². The molecule has 175 valence electrons. The first-order valence-corrected chi connectivity index (χ1v) is 11.9. The molecule has 0 aliphatic rings. The van der Waals surface area contributed by atoms with E-state index < -0.39 is 17.3 Å². The van der Waals surface area contributed by atoms with Crippen molar-refractivity contribution in [2.24, 2.45) is 4.99 Å². The lowest BCUT2D eigenvalue weighted by atomic mass is 9.82. The van der Waals surface area contributed by atoms with Crippen LogP contribution in [0.15, 0.2) is 59.6 Å². The van der Waals surface area contributed by atoms with Gasteiger partial charge in [0.15, 0.2) is 0 Å². The van der Waals surface area contributed by atoms with Crippen LogP contribution in [0.4, 0.5) is 4.79 Å². The van der Waals surface area contributed by atoms with Crippen LogP contribution in [0.5, 0.6) is 0 Å². The van der Waals surface area contributed by atoms with Crippen molar-refractivity contribution in [1.82, 2.24) is 0 Å². The Hall–Kier alpha value is -2.42. The van der Waals surface area contributed by atoms with Gasteiger partial charge in [0.2, 0.25) is 0 Å². The zero-order chi connectivity index (χ0) is 24.6. The van der Waals surface area contributed by atoms with E-state index in [1.165, 1.54) is 11.8 Å². The molecule has 0 heterocycles. The van der Waals surface area contributed by atoms with E-state index in [0.29, 0.717) is 5.71 Å². The molecular weight excluding hydrogens is 435 g/mol. The average molecular weight is 467 g/mol. The Labute approximate surface area is 201 Å². The van der Waals surface area contributed by atoms with Gasteiger partial charge in [0, 0.05) is 0 Å². The standard InChI is InChI=1S/C25H32BN2O4S/c1-17(27)21(28-23(29)31-16-18-10-8-7-9-11-18)22(33-6)19-12-14-20(15-13-19)26-32-25(4,5)24(2,3)30/h7-15,22,27,30H,16H2,1-6H3. The highest BCUT2D eigenvalue weighted by atomic mass is 32.2. The van der Waals surface area contributed by atoms with E-state index in [4.69, 9.17) is 14.8 Å². The maximum absolute atomic E-state index is 12.3. The second-order valence-corrected chi connectivity index (χ2v) is 9.69. The number of ether oxygens (including phenoxy) is 1. The van der Waals surface area contributed by atoms with Gasteiger partial charge in [-0.05, 0) is 52.0 Å². The van der Waals surface area contributed by atoms with Crippen LogP contribution in [-0.2, 0) is 16.0 Å². The molecule has 2 aromatic carbocycles. The molecular formula is C25H32BN2O4S. The number of nitrogens with zero attached hydrogens (tertiary/aromatic N) is 1. The number of carbonyl (C=O) groups excluding carboxylic acids is 1. The minimum absolute atomic E-state index is 0.128. The zero-order valence-electron chi connectivity index (χ0n) is 20.1. The van der Waals surface area contributed by atoms with Gasteiger partial charge >= 0.3 is 13.6 Å². The van der Waals surface area contributed by atoms with Crippen molar-refractivity contribution in [2.45, 2.75) is 57.7 Å². The molecule has 6 nitrogen and oxygen atoms in total. The smallest absolute Gasteiger partial charge is 0.434 e. The summed E-state index contributed by atoms with van der Waals surface area (Å²) in [7, 11) is 1.62. The minimum atomic E-state index is -1.00. The fourth-order valence-electron chi connectivity index (χ4n) is 2.70. The molecule has 8 heteroatoms. The molecule has 0 aliphatic heterocycles. The number of nitrogens with one attached hydrogen (secondary N) is 1. The third-order valence-corrected chi connectivity index (χ3v) is 6.45. The highest BCUT2D eigenvalue weighted by Crippen LogP contribution is 2.29. The van der Waals surface area contributed by atoms with Gasteiger partial charge in [-0.1, -0.05) is 60.1 Å². The van der Waals surface area contributed by atoms with E-state index in [9.17, 15) is 9.90 Å². The number of rotatable bonds is 10. The van der Waals surface area contributed by atoms with Crippen molar-refractivity contribution >= 4 is 42.2 Å². The average Bonchev–Trinajstić information content (AvgIpc) is 2.76. The molecule has 33 heavy (non-hydrogen) atoms. The van der Waals surface area contributed by atoms with Crippen LogP contribution in [-0.4, -0.2) is 47.6 Å². The number of aliphatic imine (C=N–C) groups is 1. The van der Waals surface area contributed by atoms with Gasteiger partial charge in [-0.3, -0.25) is 0 Å². The SMILES string of the molecule is CSC(C(=NC(=O)OCc1ccccc1)C(C)=N)c1ccc([B]OC(C)(C)C(C)(C)O)cc1. The first kappa shape index (κ1) is 26.8. The Morgan fingerprint density at radius 3 is 2.24 bits per heavy atom. The molecule has 2 rings (SSSR count). The van der Waals surface area contributed by atoms with Gasteiger partial charge in [-0.2, -0.15) is 16.8 Å².